The summed E-state index contributed by atoms with van der Waals surface area (Å²) in [7, 11) is 3.21. The Balaban J connectivity index is 1.46. The molecule has 3 N–H and O–H groups in total. The predicted molar refractivity (Wildman–Crippen MR) is 161 cm³/mol. The summed E-state index contributed by atoms with van der Waals surface area (Å²) in [6, 6.07) is 20.0. The van der Waals surface area contributed by atoms with Crippen LogP contribution in [0.15, 0.2) is 78.2 Å². The number of halogens is 1. The first kappa shape index (κ1) is 30.8. The van der Waals surface area contributed by atoms with Gasteiger partial charge in [-0.05, 0) is 54.8 Å². The number of nitrogens with one attached hydrogen (secondary N) is 2. The molecule has 1 aromatic heterocycles. The van der Waals surface area contributed by atoms with E-state index in [0.717, 1.165) is 39.7 Å². The summed E-state index contributed by atoms with van der Waals surface area (Å²) in [5.74, 6) is -0.986. The second kappa shape index (κ2) is 14.7. The first-order valence-corrected chi connectivity index (χ1v) is 14.4. The second-order valence-electron chi connectivity index (χ2n) is 10.1. The molecule has 3 aromatic carbocycles. The minimum Gasteiger partial charge on any atom is -0.497 e. The highest BCUT2D eigenvalue weighted by molar-refractivity contribution is 7.09. The van der Waals surface area contributed by atoms with Crippen molar-refractivity contribution in [2.24, 2.45) is 0 Å². The molecule has 0 radical (unpaired) electrons. The van der Waals surface area contributed by atoms with Gasteiger partial charge in [0.25, 0.3) is 11.8 Å². The lowest BCUT2D eigenvalue weighted by atomic mass is 10.00. The lowest BCUT2D eigenvalue weighted by Gasteiger charge is -2.25. The number of rotatable bonds is 13. The Hall–Kier alpha value is -4.12. The monoisotopic (exact) mass is 590 g/mol. The molecular weight excluding hydrogens is 555 g/mol. The molecule has 2 atom stereocenters. The molecule has 4 rings (SSSR count). The summed E-state index contributed by atoms with van der Waals surface area (Å²) in [4.78, 5) is 32.2. The Morgan fingerprint density at radius 3 is 2.50 bits per heavy atom. The van der Waals surface area contributed by atoms with Gasteiger partial charge in [0.1, 0.15) is 16.6 Å². The zero-order chi connectivity index (χ0) is 30.1. The van der Waals surface area contributed by atoms with E-state index in [1.165, 1.54) is 22.3 Å². The van der Waals surface area contributed by atoms with Crippen LogP contribution in [-0.2, 0) is 19.5 Å². The van der Waals surface area contributed by atoms with E-state index in [1.54, 1.807) is 14.2 Å². The molecule has 0 aliphatic heterocycles. The Labute approximate surface area is 249 Å². The first-order chi connectivity index (χ1) is 20.2. The molecule has 220 valence electrons. The molecule has 0 unspecified atom stereocenters. The van der Waals surface area contributed by atoms with Gasteiger partial charge in [0, 0.05) is 42.3 Å². The number of carbonyl (C=O) groups is 2. The number of amides is 2. The van der Waals surface area contributed by atoms with Crippen LogP contribution in [-0.4, -0.2) is 59.7 Å². The van der Waals surface area contributed by atoms with Crippen LogP contribution >= 0.6 is 11.3 Å². The smallest absolute Gasteiger partial charge is 0.254 e. The summed E-state index contributed by atoms with van der Waals surface area (Å²) in [6.45, 7) is 2.83. The molecule has 4 aromatic rings. The summed E-state index contributed by atoms with van der Waals surface area (Å²) in [5.41, 5.74) is 2.81. The third-order valence-electron chi connectivity index (χ3n) is 6.69. The van der Waals surface area contributed by atoms with Crippen LogP contribution in [0.2, 0.25) is 0 Å². The molecule has 10 heteroatoms. The fraction of sp³-hybridized carbons (Fsp3) is 0.281. The van der Waals surface area contributed by atoms with E-state index in [9.17, 15) is 19.1 Å². The molecule has 0 spiro atoms. The fourth-order valence-electron chi connectivity index (χ4n) is 4.51. The lowest BCUT2D eigenvalue weighted by Crippen LogP contribution is -2.48. The Morgan fingerprint density at radius 1 is 1.05 bits per heavy atom. The van der Waals surface area contributed by atoms with E-state index < -0.39 is 29.8 Å². The van der Waals surface area contributed by atoms with Crippen LogP contribution in [0.4, 0.5) is 4.39 Å². The molecule has 0 saturated heterocycles. The van der Waals surface area contributed by atoms with Crippen LogP contribution in [0.3, 0.4) is 0 Å². The van der Waals surface area contributed by atoms with Crippen molar-refractivity contribution in [1.82, 2.24) is 20.5 Å². The summed E-state index contributed by atoms with van der Waals surface area (Å²) in [5, 5.41) is 19.9. The van der Waals surface area contributed by atoms with Crippen molar-refractivity contribution in [2.45, 2.75) is 38.6 Å². The number of aliphatic hydroxyl groups is 1. The molecule has 0 aliphatic rings. The highest BCUT2D eigenvalue weighted by Gasteiger charge is 2.24. The molecule has 42 heavy (non-hydrogen) atoms. The SMILES string of the molecule is COc1cccc(CNC[C@@H](O)[C@H](Cc2ccccc2)NC(=O)c2cc(F)cc(C(=O)N(C)Cc3nc(C)cs3)c2)c1. The number of aromatic nitrogens is 1. The van der Waals surface area contributed by atoms with E-state index in [2.05, 4.69) is 15.6 Å². The van der Waals surface area contributed by atoms with E-state index in [4.69, 9.17) is 4.74 Å². The van der Waals surface area contributed by atoms with E-state index in [-0.39, 0.29) is 24.2 Å². The minimum absolute atomic E-state index is 0.00792. The normalized spacial score (nSPS) is 12.4. The first-order valence-electron chi connectivity index (χ1n) is 13.6. The van der Waals surface area contributed by atoms with Crippen LogP contribution in [0.1, 0.15) is 42.5 Å². The minimum atomic E-state index is -0.956. The molecule has 0 bridgehead atoms. The van der Waals surface area contributed by atoms with E-state index in [1.807, 2.05) is 66.9 Å². The number of thiazole rings is 1. The van der Waals surface area contributed by atoms with Gasteiger partial charge in [-0.25, -0.2) is 9.37 Å². The van der Waals surface area contributed by atoms with Crippen molar-refractivity contribution >= 4 is 23.2 Å². The quantitative estimate of drug-likeness (QED) is 0.214. The van der Waals surface area contributed by atoms with Gasteiger partial charge in [-0.1, -0.05) is 42.5 Å². The van der Waals surface area contributed by atoms with Crippen LogP contribution in [0.5, 0.6) is 5.75 Å². The van der Waals surface area contributed by atoms with Gasteiger partial charge in [-0.3, -0.25) is 9.59 Å². The lowest BCUT2D eigenvalue weighted by molar-refractivity contribution is 0.0784. The topological polar surface area (TPSA) is 104 Å². The molecule has 8 nitrogen and oxygen atoms in total. The average Bonchev–Trinajstić information content (AvgIpc) is 3.40. The van der Waals surface area contributed by atoms with Crippen molar-refractivity contribution in [3.05, 3.63) is 117 Å². The van der Waals surface area contributed by atoms with Crippen molar-refractivity contribution in [2.75, 3.05) is 20.7 Å². The van der Waals surface area contributed by atoms with E-state index in [0.29, 0.717) is 13.0 Å². The maximum Gasteiger partial charge on any atom is 0.254 e. The molecular formula is C32H35FN4O4S. The number of nitrogens with zero attached hydrogens (tertiary/aromatic N) is 2. The molecule has 1 heterocycles. The van der Waals surface area contributed by atoms with Gasteiger partial charge < -0.3 is 25.4 Å². The summed E-state index contributed by atoms with van der Waals surface area (Å²) < 4.78 is 19.9. The molecule has 0 aliphatic carbocycles. The highest BCUT2D eigenvalue weighted by atomic mass is 32.1. The zero-order valence-electron chi connectivity index (χ0n) is 23.8. The second-order valence-corrected chi connectivity index (χ2v) is 11.0. The van der Waals surface area contributed by atoms with Gasteiger partial charge in [-0.2, -0.15) is 0 Å². The molecule has 2 amide bonds. The van der Waals surface area contributed by atoms with Gasteiger partial charge in [0.2, 0.25) is 0 Å². The number of ether oxygens (including phenoxy) is 1. The molecule has 0 saturated carbocycles. The third kappa shape index (κ3) is 8.69. The standard InChI is InChI=1S/C32H35FN4O4S/c1-21-20-42-30(35-21)19-37(2)32(40)25-14-24(15-26(33)16-25)31(39)36-28(13-22-8-5-4-6-9-22)29(38)18-34-17-23-10-7-11-27(12-23)41-3/h4-12,14-16,20,28-29,34,38H,13,17-19H2,1-3H3,(H,36,39)/t28-,29+/m0/s1. The van der Waals surface area contributed by atoms with Gasteiger partial charge in [0.05, 0.1) is 25.8 Å². The van der Waals surface area contributed by atoms with Gasteiger partial charge in [0.15, 0.2) is 0 Å². The molecule has 0 fully saturated rings. The Kier molecular flexibility index (Phi) is 10.8. The van der Waals surface area contributed by atoms with Crippen molar-refractivity contribution < 1.29 is 23.8 Å². The number of aliphatic hydroxyl groups excluding tert-OH is 1. The highest BCUT2D eigenvalue weighted by Crippen LogP contribution is 2.17. The zero-order valence-corrected chi connectivity index (χ0v) is 24.7. The predicted octanol–water partition coefficient (Wildman–Crippen LogP) is 4.36. The number of methoxy groups -OCH3 is 1. The van der Waals surface area contributed by atoms with Crippen LogP contribution in [0.25, 0.3) is 0 Å². The van der Waals surface area contributed by atoms with Crippen molar-refractivity contribution in [1.29, 1.82) is 0 Å². The van der Waals surface area contributed by atoms with Crippen LogP contribution < -0.4 is 15.4 Å². The maximum absolute atomic E-state index is 14.6. The fourth-order valence-corrected chi connectivity index (χ4v) is 5.33. The maximum atomic E-state index is 14.6. The van der Waals surface area contributed by atoms with E-state index >= 15 is 0 Å². The summed E-state index contributed by atoms with van der Waals surface area (Å²) >= 11 is 1.44. The Morgan fingerprint density at radius 2 is 1.79 bits per heavy atom. The van der Waals surface area contributed by atoms with Crippen molar-refractivity contribution in [3.63, 3.8) is 0 Å². The van der Waals surface area contributed by atoms with Crippen molar-refractivity contribution in [3.8, 4) is 5.75 Å². The number of benzene rings is 3. The summed E-state index contributed by atoms with van der Waals surface area (Å²) in [6.07, 6.45) is -0.603. The Bertz CT molecular complexity index is 1500. The number of carbonyl (C=O) groups excluding carboxylic acids is 2. The number of aryl methyl sites for hydroxylation is 1. The third-order valence-corrected chi connectivity index (χ3v) is 7.64. The van der Waals surface area contributed by atoms with Crippen LogP contribution in [0, 0.1) is 12.7 Å². The van der Waals surface area contributed by atoms with Gasteiger partial charge in [-0.15, -0.1) is 11.3 Å². The largest absolute Gasteiger partial charge is 0.497 e. The van der Waals surface area contributed by atoms with Gasteiger partial charge >= 0.3 is 0 Å². The average molecular weight is 591 g/mol. The number of hydrogen-bond acceptors (Lipinski definition) is 7. The number of hydrogen-bond donors (Lipinski definition) is 3.